The van der Waals surface area contributed by atoms with Gasteiger partial charge in [-0.3, -0.25) is 19.8 Å². The van der Waals surface area contributed by atoms with E-state index in [9.17, 15) is 20.2 Å². The number of hydrogen-bond acceptors (Lipinski definition) is 7. The Kier molecular flexibility index (Phi) is 5.87. The predicted molar refractivity (Wildman–Crippen MR) is 106 cm³/mol. The van der Waals surface area contributed by atoms with Gasteiger partial charge in [-0.2, -0.15) is 5.26 Å². The van der Waals surface area contributed by atoms with Crippen LogP contribution in [0.2, 0.25) is 0 Å². The summed E-state index contributed by atoms with van der Waals surface area (Å²) in [6, 6.07) is 10.7. The highest BCUT2D eigenvalue weighted by Crippen LogP contribution is 2.27. The van der Waals surface area contributed by atoms with Crippen LogP contribution in [0.3, 0.4) is 0 Å². The first-order chi connectivity index (χ1) is 13.4. The Morgan fingerprint density at radius 2 is 1.93 bits per heavy atom. The second kappa shape index (κ2) is 8.33. The molecule has 1 aliphatic rings. The molecule has 0 radical (unpaired) electrons. The molecule has 1 unspecified atom stereocenters. The van der Waals surface area contributed by atoms with Crippen molar-refractivity contribution in [2.45, 2.75) is 6.04 Å². The third kappa shape index (κ3) is 4.11. The first-order valence-electron chi connectivity index (χ1n) is 8.49. The van der Waals surface area contributed by atoms with Gasteiger partial charge in [0, 0.05) is 36.7 Å². The van der Waals surface area contributed by atoms with Gasteiger partial charge in [0.25, 0.3) is 11.6 Å². The normalized spacial score (nSPS) is 15.6. The molecule has 1 aromatic heterocycles. The molecule has 0 aliphatic carbocycles. The van der Waals surface area contributed by atoms with E-state index in [1.165, 1.54) is 0 Å². The number of rotatable bonds is 5. The molecule has 0 spiro atoms. The van der Waals surface area contributed by atoms with E-state index in [-0.39, 0.29) is 17.3 Å². The highest BCUT2D eigenvalue weighted by Gasteiger charge is 2.28. The smallest absolute Gasteiger partial charge is 0.288 e. The molecule has 1 amide bonds. The molecule has 2 heterocycles. The maximum absolute atomic E-state index is 11.7. The van der Waals surface area contributed by atoms with Gasteiger partial charge >= 0.3 is 0 Å². The van der Waals surface area contributed by atoms with Crippen molar-refractivity contribution in [2.75, 3.05) is 31.1 Å². The van der Waals surface area contributed by atoms with Crippen LogP contribution in [0, 0.1) is 21.4 Å². The highest BCUT2D eigenvalue weighted by molar-refractivity contribution is 9.10. The van der Waals surface area contributed by atoms with Gasteiger partial charge in [-0.1, -0.05) is 28.1 Å². The van der Waals surface area contributed by atoms with Crippen LogP contribution in [0.15, 0.2) is 41.0 Å². The van der Waals surface area contributed by atoms with Crippen molar-refractivity contribution < 1.29 is 9.72 Å². The molecule has 28 heavy (non-hydrogen) atoms. The maximum Gasteiger partial charge on any atom is 0.288 e. The van der Waals surface area contributed by atoms with Crippen LogP contribution >= 0.6 is 15.9 Å². The number of nitriles is 1. The number of carbonyl (C=O) groups excluding carboxylic acids is 1. The van der Waals surface area contributed by atoms with Gasteiger partial charge in [0.2, 0.25) is 0 Å². The summed E-state index contributed by atoms with van der Waals surface area (Å²) in [4.78, 5) is 30.1. The highest BCUT2D eigenvalue weighted by atomic mass is 79.9. The summed E-state index contributed by atoms with van der Waals surface area (Å²) in [5, 5.41) is 20.6. The minimum Gasteiger partial charge on any atom is -0.365 e. The topological polar surface area (TPSA) is 129 Å². The van der Waals surface area contributed by atoms with Crippen LogP contribution in [0.25, 0.3) is 0 Å². The monoisotopic (exact) mass is 444 g/mol. The average Bonchev–Trinajstić information content (AvgIpc) is 2.70. The summed E-state index contributed by atoms with van der Waals surface area (Å²) in [6.45, 7) is 2.18. The van der Waals surface area contributed by atoms with Gasteiger partial charge in [-0.15, -0.1) is 0 Å². The molecule has 9 nitrogen and oxygen atoms in total. The number of piperazine rings is 1. The second-order valence-corrected chi connectivity index (χ2v) is 7.21. The number of pyridine rings is 1. The van der Waals surface area contributed by atoms with Crippen molar-refractivity contribution in [3.63, 3.8) is 0 Å². The number of hydrogen-bond donors (Lipinski definition) is 1. The number of anilines is 1. The Hall–Kier alpha value is -3.03. The van der Waals surface area contributed by atoms with Crippen molar-refractivity contribution in [1.29, 1.82) is 5.26 Å². The summed E-state index contributed by atoms with van der Waals surface area (Å²) >= 11 is 3.39. The van der Waals surface area contributed by atoms with Crippen molar-refractivity contribution >= 4 is 33.3 Å². The van der Waals surface area contributed by atoms with E-state index in [0.29, 0.717) is 32.0 Å². The molecule has 3 rings (SSSR count). The van der Waals surface area contributed by atoms with Gasteiger partial charge in [0.05, 0.1) is 16.6 Å². The van der Waals surface area contributed by atoms with Gasteiger partial charge in [-0.05, 0) is 17.7 Å². The van der Waals surface area contributed by atoms with Crippen molar-refractivity contribution in [2.24, 2.45) is 5.73 Å². The summed E-state index contributed by atoms with van der Waals surface area (Å²) < 4.78 is 0.945. The molecule has 0 saturated carbocycles. The lowest BCUT2D eigenvalue weighted by atomic mass is 10.1. The zero-order valence-electron chi connectivity index (χ0n) is 14.8. The SMILES string of the molecule is N#CC(c1ccc(Br)cc1)N1CCN(c2ncc([N+](=O)[O-])cc2C(N)=O)CC1. The van der Waals surface area contributed by atoms with Crippen LogP contribution in [0.1, 0.15) is 22.0 Å². The average molecular weight is 445 g/mol. The van der Waals surface area contributed by atoms with Crippen LogP contribution in [-0.4, -0.2) is 46.9 Å². The number of halogens is 1. The number of nitrogens with two attached hydrogens (primary N) is 1. The Labute approximate surface area is 169 Å². The van der Waals surface area contributed by atoms with E-state index >= 15 is 0 Å². The Morgan fingerprint density at radius 3 is 2.46 bits per heavy atom. The molecular formula is C18H17BrN6O3. The number of nitro groups is 1. The third-order valence-corrected chi connectivity index (χ3v) is 5.14. The molecule has 1 fully saturated rings. The summed E-state index contributed by atoms with van der Waals surface area (Å²) in [7, 11) is 0. The van der Waals surface area contributed by atoms with Crippen LogP contribution in [0.4, 0.5) is 11.5 Å². The lowest BCUT2D eigenvalue weighted by Gasteiger charge is -2.38. The Balaban J connectivity index is 1.76. The lowest BCUT2D eigenvalue weighted by molar-refractivity contribution is -0.385. The number of amides is 1. The molecule has 10 heteroatoms. The van der Waals surface area contributed by atoms with Gasteiger partial charge < -0.3 is 10.6 Å². The van der Waals surface area contributed by atoms with Gasteiger partial charge in [-0.25, -0.2) is 4.98 Å². The van der Waals surface area contributed by atoms with Gasteiger partial charge in [0.15, 0.2) is 0 Å². The zero-order valence-corrected chi connectivity index (χ0v) is 16.4. The van der Waals surface area contributed by atoms with Crippen LogP contribution < -0.4 is 10.6 Å². The minimum absolute atomic E-state index is 0.0207. The van der Waals surface area contributed by atoms with Gasteiger partial charge in [0.1, 0.15) is 18.1 Å². The number of nitrogens with zero attached hydrogens (tertiary/aromatic N) is 5. The van der Waals surface area contributed by atoms with E-state index in [1.54, 1.807) is 0 Å². The zero-order chi connectivity index (χ0) is 20.3. The minimum atomic E-state index is -0.765. The van der Waals surface area contributed by atoms with E-state index in [2.05, 4.69) is 31.9 Å². The van der Waals surface area contributed by atoms with Crippen molar-refractivity contribution in [1.82, 2.24) is 9.88 Å². The Bertz CT molecular complexity index is 935. The fraction of sp³-hybridized carbons (Fsp3) is 0.278. The van der Waals surface area contributed by atoms with E-state index in [0.717, 1.165) is 22.3 Å². The molecule has 1 aliphatic heterocycles. The summed E-state index contributed by atoms with van der Waals surface area (Å²) in [6.07, 6.45) is 1.12. The lowest BCUT2D eigenvalue weighted by Crippen LogP contribution is -2.48. The number of primary amides is 1. The number of aromatic nitrogens is 1. The molecule has 2 aromatic rings. The van der Waals surface area contributed by atoms with E-state index < -0.39 is 10.8 Å². The quantitative estimate of drug-likeness (QED) is 0.552. The third-order valence-electron chi connectivity index (χ3n) is 4.62. The molecule has 1 atom stereocenters. The fourth-order valence-electron chi connectivity index (χ4n) is 3.18. The first kappa shape index (κ1) is 19.7. The standard InChI is InChI=1S/C18H17BrN6O3/c19-13-3-1-12(2-4-13)16(10-20)23-5-7-24(8-6-23)18-15(17(21)26)9-14(11-22-18)25(27)28/h1-4,9,11,16H,5-8H2,(H2,21,26). The van der Waals surface area contributed by atoms with Crippen LogP contribution in [0.5, 0.6) is 0 Å². The molecule has 1 saturated heterocycles. The molecule has 1 aromatic carbocycles. The molecule has 0 bridgehead atoms. The molecule has 144 valence electrons. The number of carbonyl (C=O) groups is 1. The van der Waals surface area contributed by atoms with E-state index in [4.69, 9.17) is 5.73 Å². The van der Waals surface area contributed by atoms with Crippen molar-refractivity contribution in [3.8, 4) is 6.07 Å². The second-order valence-electron chi connectivity index (χ2n) is 6.29. The van der Waals surface area contributed by atoms with Crippen LogP contribution in [-0.2, 0) is 0 Å². The number of benzene rings is 1. The molecule has 2 N–H and O–H groups in total. The summed E-state index contributed by atoms with van der Waals surface area (Å²) in [5.41, 5.74) is 6.04. The maximum atomic E-state index is 11.7. The fourth-order valence-corrected chi connectivity index (χ4v) is 3.45. The largest absolute Gasteiger partial charge is 0.365 e. The Morgan fingerprint density at radius 1 is 1.29 bits per heavy atom. The van der Waals surface area contributed by atoms with E-state index in [1.807, 2.05) is 29.2 Å². The van der Waals surface area contributed by atoms with Crippen molar-refractivity contribution in [3.05, 3.63) is 62.2 Å². The summed E-state index contributed by atoms with van der Waals surface area (Å²) in [5.74, 6) is -0.437. The molecular weight excluding hydrogens is 428 g/mol. The predicted octanol–water partition coefficient (Wildman–Crippen LogP) is 2.24. The first-order valence-corrected chi connectivity index (χ1v) is 9.28.